The summed E-state index contributed by atoms with van der Waals surface area (Å²) in [5, 5.41) is 0. The monoisotopic (exact) mass is 386 g/mol. The van der Waals surface area contributed by atoms with Crippen LogP contribution in [0.4, 0.5) is 0 Å². The molecule has 0 aliphatic heterocycles. The van der Waals surface area contributed by atoms with Gasteiger partial charge in [0.15, 0.2) is 0 Å². The van der Waals surface area contributed by atoms with Gasteiger partial charge < -0.3 is 13.3 Å². The molecule has 2 aliphatic carbocycles. The van der Waals surface area contributed by atoms with Gasteiger partial charge in [-0.3, -0.25) is 0 Å². The van der Waals surface area contributed by atoms with E-state index in [-0.39, 0.29) is 4.75 Å². The van der Waals surface area contributed by atoms with E-state index in [1.807, 2.05) is 20.8 Å². The van der Waals surface area contributed by atoms with Crippen molar-refractivity contribution in [2.45, 2.75) is 53.2 Å². The van der Waals surface area contributed by atoms with Crippen molar-refractivity contribution < 1.29 is 13.3 Å². The van der Waals surface area contributed by atoms with Crippen molar-refractivity contribution in [3.05, 3.63) is 0 Å². The van der Waals surface area contributed by atoms with Crippen LogP contribution >= 0.6 is 50.5 Å². The SMILES string of the molecule is CCO[Si](OCC)(OCC)C1(S)C2(S)CCC(C2)C1(S)S. The van der Waals surface area contributed by atoms with Gasteiger partial charge in [0, 0.05) is 24.6 Å². The van der Waals surface area contributed by atoms with Crippen molar-refractivity contribution in [1.82, 2.24) is 0 Å². The highest BCUT2D eigenvalue weighted by atomic mass is 32.2. The summed E-state index contributed by atoms with van der Waals surface area (Å²) in [6.07, 6.45) is 2.96. The molecule has 0 spiro atoms. The Bertz CT molecular complexity index is 374. The van der Waals surface area contributed by atoms with Crippen LogP contribution in [0.3, 0.4) is 0 Å². The number of fused-ring (bicyclic) bond motifs is 2. The normalized spacial score (nSPS) is 38.1. The van der Waals surface area contributed by atoms with Crippen LogP contribution < -0.4 is 0 Å². The van der Waals surface area contributed by atoms with Crippen molar-refractivity contribution in [1.29, 1.82) is 0 Å². The van der Waals surface area contributed by atoms with Gasteiger partial charge in [0.1, 0.15) is 4.37 Å². The van der Waals surface area contributed by atoms with Gasteiger partial charge in [-0.1, -0.05) is 0 Å². The van der Waals surface area contributed by atoms with Crippen LogP contribution in [0.25, 0.3) is 0 Å². The van der Waals surface area contributed by atoms with Crippen LogP contribution in [0.15, 0.2) is 0 Å². The molecule has 2 bridgehead atoms. The Morgan fingerprint density at radius 3 is 1.76 bits per heavy atom. The fraction of sp³-hybridized carbons (Fsp3) is 1.00. The Balaban J connectivity index is 2.55. The lowest BCUT2D eigenvalue weighted by molar-refractivity contribution is 0.0523. The van der Waals surface area contributed by atoms with Crippen LogP contribution in [0.5, 0.6) is 0 Å². The van der Waals surface area contributed by atoms with Crippen LogP contribution in [0.1, 0.15) is 40.0 Å². The first-order valence-electron chi connectivity index (χ1n) is 7.56. The molecule has 21 heavy (non-hydrogen) atoms. The van der Waals surface area contributed by atoms with E-state index in [9.17, 15) is 0 Å². The molecule has 0 radical (unpaired) electrons. The van der Waals surface area contributed by atoms with Gasteiger partial charge in [0.05, 0.1) is 4.08 Å². The lowest BCUT2D eigenvalue weighted by atomic mass is 9.97. The summed E-state index contributed by atoms with van der Waals surface area (Å²) in [5.74, 6) is 0.340. The lowest BCUT2D eigenvalue weighted by Crippen LogP contribution is -2.75. The Labute approximate surface area is 151 Å². The third-order valence-corrected chi connectivity index (χ3v) is 13.4. The molecule has 0 aromatic heterocycles. The first kappa shape index (κ1) is 18.8. The molecule has 0 aromatic rings. The van der Waals surface area contributed by atoms with Gasteiger partial charge in [0.25, 0.3) is 0 Å². The Hall–Kier alpha value is 1.50. The topological polar surface area (TPSA) is 27.7 Å². The van der Waals surface area contributed by atoms with Crippen LogP contribution in [0.2, 0.25) is 0 Å². The van der Waals surface area contributed by atoms with Crippen LogP contribution in [-0.2, 0) is 13.3 Å². The van der Waals surface area contributed by atoms with Gasteiger partial charge in [-0.25, -0.2) is 0 Å². The maximum atomic E-state index is 6.12. The molecule has 0 amide bonds. The summed E-state index contributed by atoms with van der Waals surface area (Å²) in [7, 11) is -3.11. The lowest BCUT2D eigenvalue weighted by Gasteiger charge is -2.54. The number of hydrogen-bond acceptors (Lipinski definition) is 7. The second-order valence-electron chi connectivity index (χ2n) is 5.76. The number of thiol groups is 4. The Morgan fingerprint density at radius 2 is 1.43 bits per heavy atom. The number of rotatable bonds is 7. The summed E-state index contributed by atoms with van der Waals surface area (Å²) >= 11 is 19.9. The van der Waals surface area contributed by atoms with E-state index in [0.717, 1.165) is 19.3 Å². The number of hydrogen-bond donors (Lipinski definition) is 4. The van der Waals surface area contributed by atoms with Crippen LogP contribution in [-0.4, -0.2) is 41.8 Å². The Kier molecular flexibility index (Phi) is 5.76. The van der Waals surface area contributed by atoms with Gasteiger partial charge in [0.2, 0.25) is 0 Å². The third-order valence-electron chi connectivity index (χ3n) is 4.71. The van der Waals surface area contributed by atoms with Gasteiger partial charge in [-0.2, -0.15) is 50.5 Å². The molecule has 2 aliphatic rings. The zero-order chi connectivity index (χ0) is 15.9. The van der Waals surface area contributed by atoms with Gasteiger partial charge in [-0.15, -0.1) is 0 Å². The molecule has 124 valence electrons. The van der Waals surface area contributed by atoms with E-state index in [1.54, 1.807) is 0 Å². The second-order valence-corrected chi connectivity index (χ2v) is 12.2. The van der Waals surface area contributed by atoms with Crippen molar-refractivity contribution >= 4 is 59.3 Å². The summed E-state index contributed by atoms with van der Waals surface area (Å²) < 4.78 is 16.7. The summed E-state index contributed by atoms with van der Waals surface area (Å²) in [5.41, 5.74) is 0. The molecule has 3 nitrogen and oxygen atoms in total. The van der Waals surface area contributed by atoms with Gasteiger partial charge >= 0.3 is 8.80 Å². The third kappa shape index (κ3) is 2.47. The molecule has 0 heterocycles. The largest absolute Gasteiger partial charge is 0.521 e. The molecular weight excluding hydrogens is 360 g/mol. The van der Waals surface area contributed by atoms with E-state index >= 15 is 0 Å². The quantitative estimate of drug-likeness (QED) is 0.307. The maximum Gasteiger partial charge on any atom is 0.521 e. The van der Waals surface area contributed by atoms with E-state index in [2.05, 4.69) is 0 Å². The molecular formula is C13H26O3S4Si. The molecule has 3 atom stereocenters. The summed E-state index contributed by atoms with van der Waals surface area (Å²) in [6, 6.07) is 0. The van der Waals surface area contributed by atoms with E-state index in [1.165, 1.54) is 0 Å². The van der Waals surface area contributed by atoms with E-state index in [4.69, 9.17) is 63.8 Å². The molecule has 2 saturated carbocycles. The van der Waals surface area contributed by atoms with Crippen molar-refractivity contribution in [2.24, 2.45) is 5.92 Å². The molecule has 0 N–H and O–H groups in total. The van der Waals surface area contributed by atoms with E-state index in [0.29, 0.717) is 25.7 Å². The maximum absolute atomic E-state index is 6.12. The fourth-order valence-electron chi connectivity index (χ4n) is 3.85. The first-order valence-corrected chi connectivity index (χ1v) is 11.1. The predicted molar refractivity (Wildman–Crippen MR) is 102 cm³/mol. The summed E-state index contributed by atoms with van der Waals surface area (Å²) in [4.78, 5) is 0. The Morgan fingerprint density at radius 1 is 0.952 bits per heavy atom. The molecule has 8 heteroatoms. The van der Waals surface area contributed by atoms with Gasteiger partial charge in [-0.05, 0) is 46.0 Å². The standard InChI is InChI=1S/C13H26O3S4Si/c1-4-14-21(15-5-2,16-6-3)13(20)11(17)8-7-10(9-11)12(13,18)19/h10,17-20H,4-9H2,1-3H3. The molecule has 2 rings (SSSR count). The highest BCUT2D eigenvalue weighted by Gasteiger charge is 2.81. The van der Waals surface area contributed by atoms with Crippen molar-refractivity contribution in [3.63, 3.8) is 0 Å². The smallest absolute Gasteiger partial charge is 0.373 e. The molecule has 3 unspecified atom stereocenters. The van der Waals surface area contributed by atoms with Crippen molar-refractivity contribution in [3.8, 4) is 0 Å². The zero-order valence-electron chi connectivity index (χ0n) is 12.8. The molecule has 0 saturated heterocycles. The first-order chi connectivity index (χ1) is 9.74. The predicted octanol–water partition coefficient (Wildman–Crippen LogP) is 3.28. The van der Waals surface area contributed by atoms with E-state index < -0.39 is 17.3 Å². The minimum Gasteiger partial charge on any atom is -0.373 e. The summed E-state index contributed by atoms with van der Waals surface area (Å²) in [6.45, 7) is 7.40. The van der Waals surface area contributed by atoms with Crippen LogP contribution in [0, 0.1) is 5.92 Å². The average Bonchev–Trinajstić information content (AvgIpc) is 2.87. The molecule has 0 aromatic carbocycles. The molecule has 2 fully saturated rings. The zero-order valence-corrected chi connectivity index (χ0v) is 17.4. The minimum atomic E-state index is -3.11. The second kappa shape index (κ2) is 6.42. The highest BCUT2D eigenvalue weighted by molar-refractivity contribution is 8.03. The average molecular weight is 387 g/mol. The highest BCUT2D eigenvalue weighted by Crippen LogP contribution is 2.71. The van der Waals surface area contributed by atoms with Crippen molar-refractivity contribution in [2.75, 3.05) is 19.8 Å². The fourth-order valence-corrected chi connectivity index (χ4v) is 11.1. The minimum absolute atomic E-state index is 0.323.